The highest BCUT2D eigenvalue weighted by atomic mass is 35.5. The van der Waals surface area contributed by atoms with Gasteiger partial charge in [0.2, 0.25) is 0 Å². The Morgan fingerprint density at radius 3 is 2.00 bits per heavy atom. The summed E-state index contributed by atoms with van der Waals surface area (Å²) in [6.45, 7) is 0.629. The number of nitrogens with two attached hydrogens (primary N) is 1. The van der Waals surface area contributed by atoms with Crippen molar-refractivity contribution in [3.8, 4) is 0 Å². The van der Waals surface area contributed by atoms with Gasteiger partial charge < -0.3 is 10.8 Å². The molecule has 0 heterocycles. The molecule has 0 bridgehead atoms. The first-order valence-corrected chi connectivity index (χ1v) is 6.96. The molecule has 15 heavy (non-hydrogen) atoms. The fourth-order valence-corrected chi connectivity index (χ4v) is 2.62. The largest absolute Gasteiger partial charge is 0.396 e. The lowest BCUT2D eigenvalue weighted by atomic mass is 10.2. The summed E-state index contributed by atoms with van der Waals surface area (Å²) < 4.78 is 22.6. The SMILES string of the molecule is Cl.NCCCCCCS(=O)(=O)CCCO. The van der Waals surface area contributed by atoms with Crippen LogP contribution in [0.15, 0.2) is 0 Å². The lowest BCUT2D eigenvalue weighted by Crippen LogP contribution is -2.12. The highest BCUT2D eigenvalue weighted by Gasteiger charge is 2.08. The Bertz CT molecular complexity index is 219. The van der Waals surface area contributed by atoms with Crippen molar-refractivity contribution >= 4 is 22.2 Å². The van der Waals surface area contributed by atoms with Gasteiger partial charge in [0.25, 0.3) is 0 Å². The van der Waals surface area contributed by atoms with E-state index in [1.54, 1.807) is 0 Å². The van der Waals surface area contributed by atoms with Crippen LogP contribution in [0.2, 0.25) is 0 Å². The average molecular weight is 260 g/mol. The van der Waals surface area contributed by atoms with Gasteiger partial charge >= 0.3 is 0 Å². The second-order valence-electron chi connectivity index (χ2n) is 3.43. The van der Waals surface area contributed by atoms with Crippen LogP contribution in [0.3, 0.4) is 0 Å². The highest BCUT2D eigenvalue weighted by Crippen LogP contribution is 2.03. The maximum absolute atomic E-state index is 11.3. The van der Waals surface area contributed by atoms with Gasteiger partial charge in [0, 0.05) is 6.61 Å². The molecule has 0 aliphatic rings. The van der Waals surface area contributed by atoms with Crippen molar-refractivity contribution in [2.75, 3.05) is 24.7 Å². The van der Waals surface area contributed by atoms with E-state index in [-0.39, 0.29) is 30.5 Å². The van der Waals surface area contributed by atoms with Crippen LogP contribution < -0.4 is 5.73 Å². The number of aliphatic hydroxyl groups is 1. The van der Waals surface area contributed by atoms with Crippen LogP contribution in [0, 0.1) is 0 Å². The summed E-state index contributed by atoms with van der Waals surface area (Å²) in [7, 11) is -2.92. The van der Waals surface area contributed by atoms with E-state index in [2.05, 4.69) is 0 Å². The lowest BCUT2D eigenvalue weighted by molar-refractivity contribution is 0.295. The summed E-state index contributed by atoms with van der Waals surface area (Å²) in [5.74, 6) is 0.359. The molecular formula is C9H22ClNO3S. The van der Waals surface area contributed by atoms with Crippen LogP contribution >= 0.6 is 12.4 Å². The number of rotatable bonds is 9. The number of sulfone groups is 1. The molecule has 0 unspecified atom stereocenters. The predicted molar refractivity (Wildman–Crippen MR) is 65.1 cm³/mol. The summed E-state index contributed by atoms with van der Waals surface area (Å²) in [4.78, 5) is 0. The maximum atomic E-state index is 11.3. The number of hydrogen-bond donors (Lipinski definition) is 2. The number of aliphatic hydroxyl groups excluding tert-OH is 1. The second-order valence-corrected chi connectivity index (χ2v) is 5.74. The molecule has 0 atom stereocenters. The molecule has 0 spiro atoms. The Hall–Kier alpha value is 0.160. The van der Waals surface area contributed by atoms with E-state index in [9.17, 15) is 8.42 Å². The molecule has 6 heteroatoms. The van der Waals surface area contributed by atoms with Crippen molar-refractivity contribution in [2.24, 2.45) is 5.73 Å². The van der Waals surface area contributed by atoms with Gasteiger partial charge in [-0.25, -0.2) is 8.42 Å². The summed E-state index contributed by atoms with van der Waals surface area (Å²) in [5, 5.41) is 8.49. The molecule has 0 amide bonds. The highest BCUT2D eigenvalue weighted by molar-refractivity contribution is 7.91. The van der Waals surface area contributed by atoms with Crippen molar-refractivity contribution in [2.45, 2.75) is 32.1 Å². The minimum Gasteiger partial charge on any atom is -0.396 e. The van der Waals surface area contributed by atoms with Gasteiger partial charge in [-0.3, -0.25) is 0 Å². The zero-order valence-electron chi connectivity index (χ0n) is 9.02. The van der Waals surface area contributed by atoms with Gasteiger partial charge in [0.15, 0.2) is 0 Å². The molecule has 4 nitrogen and oxygen atoms in total. The Kier molecular flexibility index (Phi) is 12.5. The summed E-state index contributed by atoms with van der Waals surface area (Å²) in [6.07, 6.45) is 3.97. The van der Waals surface area contributed by atoms with E-state index in [1.165, 1.54) is 0 Å². The first-order valence-electron chi connectivity index (χ1n) is 5.14. The molecule has 0 saturated carbocycles. The van der Waals surface area contributed by atoms with Crippen molar-refractivity contribution in [1.82, 2.24) is 0 Å². The lowest BCUT2D eigenvalue weighted by Gasteiger charge is -2.02. The van der Waals surface area contributed by atoms with E-state index >= 15 is 0 Å². The van der Waals surface area contributed by atoms with Gasteiger partial charge in [-0.2, -0.15) is 0 Å². The van der Waals surface area contributed by atoms with Crippen LogP contribution in [-0.2, 0) is 9.84 Å². The third-order valence-electron chi connectivity index (χ3n) is 2.02. The second kappa shape index (κ2) is 10.7. The molecule has 0 aliphatic heterocycles. The van der Waals surface area contributed by atoms with Crippen LogP contribution in [0.4, 0.5) is 0 Å². The van der Waals surface area contributed by atoms with Crippen molar-refractivity contribution in [3.63, 3.8) is 0 Å². The third-order valence-corrected chi connectivity index (χ3v) is 3.84. The first-order chi connectivity index (χ1) is 6.62. The third kappa shape index (κ3) is 12.1. The Labute approximate surface area is 98.6 Å². The molecule has 0 radical (unpaired) electrons. The topological polar surface area (TPSA) is 80.4 Å². The van der Waals surface area contributed by atoms with Crippen LogP contribution in [0.1, 0.15) is 32.1 Å². The molecule has 0 saturated heterocycles. The summed E-state index contributed by atoms with van der Waals surface area (Å²) in [6, 6.07) is 0. The fraction of sp³-hybridized carbons (Fsp3) is 1.00. The molecule has 94 valence electrons. The Balaban J connectivity index is 0. The maximum Gasteiger partial charge on any atom is 0.150 e. The fourth-order valence-electron chi connectivity index (χ4n) is 1.21. The van der Waals surface area contributed by atoms with E-state index < -0.39 is 9.84 Å². The molecule has 0 aliphatic carbocycles. The molecule has 0 aromatic carbocycles. The van der Waals surface area contributed by atoms with Gasteiger partial charge in [-0.05, 0) is 25.8 Å². The van der Waals surface area contributed by atoms with Gasteiger partial charge in [-0.1, -0.05) is 12.8 Å². The molecule has 0 fully saturated rings. The van der Waals surface area contributed by atoms with E-state index in [4.69, 9.17) is 10.8 Å². The predicted octanol–water partition coefficient (Wildman–Crippen LogP) is 0.724. The average Bonchev–Trinajstić information content (AvgIpc) is 2.15. The zero-order chi connectivity index (χ0) is 10.9. The molecular weight excluding hydrogens is 238 g/mol. The van der Waals surface area contributed by atoms with E-state index in [1.807, 2.05) is 0 Å². The monoisotopic (exact) mass is 259 g/mol. The quantitative estimate of drug-likeness (QED) is 0.598. The number of halogens is 1. The molecule has 0 aromatic rings. The normalized spacial score (nSPS) is 11.1. The standard InChI is InChI=1S/C9H21NO3S.ClH/c10-6-3-1-2-4-8-14(12,13)9-5-7-11;/h11H,1-10H2;1H. The van der Waals surface area contributed by atoms with Gasteiger partial charge in [0.05, 0.1) is 11.5 Å². The van der Waals surface area contributed by atoms with E-state index in [0.717, 1.165) is 19.3 Å². The first kappa shape index (κ1) is 17.6. The Morgan fingerprint density at radius 1 is 0.933 bits per heavy atom. The summed E-state index contributed by atoms with van der Waals surface area (Å²) >= 11 is 0. The molecule has 3 N–H and O–H groups in total. The minimum absolute atomic E-state index is 0. The number of unbranched alkanes of at least 4 members (excludes halogenated alkanes) is 3. The minimum atomic E-state index is -2.92. The molecule has 0 rings (SSSR count). The van der Waals surface area contributed by atoms with E-state index in [0.29, 0.717) is 19.4 Å². The van der Waals surface area contributed by atoms with Crippen molar-refractivity contribution in [1.29, 1.82) is 0 Å². The number of hydrogen-bond acceptors (Lipinski definition) is 4. The van der Waals surface area contributed by atoms with Crippen LogP contribution in [0.25, 0.3) is 0 Å². The van der Waals surface area contributed by atoms with Crippen LogP contribution in [-0.4, -0.2) is 38.2 Å². The van der Waals surface area contributed by atoms with Gasteiger partial charge in [-0.15, -0.1) is 12.4 Å². The zero-order valence-corrected chi connectivity index (χ0v) is 10.7. The Morgan fingerprint density at radius 2 is 1.47 bits per heavy atom. The smallest absolute Gasteiger partial charge is 0.150 e. The molecule has 0 aromatic heterocycles. The summed E-state index contributed by atoms with van der Waals surface area (Å²) in [5.41, 5.74) is 5.32. The van der Waals surface area contributed by atoms with Crippen LogP contribution in [0.5, 0.6) is 0 Å². The van der Waals surface area contributed by atoms with Crippen molar-refractivity contribution < 1.29 is 13.5 Å². The van der Waals surface area contributed by atoms with Gasteiger partial charge in [0.1, 0.15) is 9.84 Å². The van der Waals surface area contributed by atoms with Crippen molar-refractivity contribution in [3.05, 3.63) is 0 Å².